The number of carbonyl (C=O) groups is 1. The van der Waals surface area contributed by atoms with Crippen LogP contribution in [0.25, 0.3) is 0 Å². The van der Waals surface area contributed by atoms with E-state index in [1.165, 1.54) is 5.56 Å². The number of benzene rings is 1. The molecule has 1 amide bonds. The molecule has 2 fully saturated rings. The Morgan fingerprint density at radius 3 is 2.68 bits per heavy atom. The third-order valence-corrected chi connectivity index (χ3v) is 5.09. The summed E-state index contributed by atoms with van der Waals surface area (Å²) in [5.74, 6) is 0.143. The first kappa shape index (κ1) is 16.2. The van der Waals surface area contributed by atoms with Crippen LogP contribution in [0, 0.1) is 0 Å². The molecule has 3 heterocycles. The van der Waals surface area contributed by atoms with Crippen LogP contribution in [-0.2, 0) is 11.3 Å². The third kappa shape index (κ3) is 3.27. The molecule has 0 saturated carbocycles. The lowest BCUT2D eigenvalue weighted by molar-refractivity contribution is -0.0953. The van der Waals surface area contributed by atoms with Gasteiger partial charge in [0, 0.05) is 25.0 Å². The minimum atomic E-state index is -0.194. The van der Waals surface area contributed by atoms with Gasteiger partial charge in [-0.1, -0.05) is 30.3 Å². The Hall–Kier alpha value is -2.31. The van der Waals surface area contributed by atoms with E-state index in [0.717, 1.165) is 13.0 Å². The molecule has 130 valence electrons. The Kier molecular flexibility index (Phi) is 4.23. The first-order valence-electron chi connectivity index (χ1n) is 8.60. The van der Waals surface area contributed by atoms with Gasteiger partial charge in [-0.2, -0.15) is 0 Å². The topological polar surface area (TPSA) is 58.6 Å². The molecule has 2 aromatic rings. The van der Waals surface area contributed by atoms with Gasteiger partial charge < -0.3 is 9.64 Å². The highest BCUT2D eigenvalue weighted by atomic mass is 16.5. The van der Waals surface area contributed by atoms with Crippen molar-refractivity contribution in [3.63, 3.8) is 0 Å². The molecule has 4 rings (SSSR count). The molecule has 6 heteroatoms. The van der Waals surface area contributed by atoms with Crippen LogP contribution in [-0.4, -0.2) is 64.1 Å². The van der Waals surface area contributed by atoms with Crippen LogP contribution in [0.15, 0.2) is 48.8 Å². The van der Waals surface area contributed by atoms with Gasteiger partial charge in [0.15, 0.2) is 0 Å². The van der Waals surface area contributed by atoms with Gasteiger partial charge in [-0.3, -0.25) is 9.69 Å². The smallest absolute Gasteiger partial charge is 0.291 e. The number of hydrogen-bond donors (Lipinski definition) is 0. The van der Waals surface area contributed by atoms with E-state index in [1.54, 1.807) is 23.4 Å². The van der Waals surface area contributed by atoms with Crippen LogP contribution in [0.3, 0.4) is 0 Å². The van der Waals surface area contributed by atoms with Crippen molar-refractivity contribution in [1.29, 1.82) is 0 Å². The van der Waals surface area contributed by atoms with Gasteiger partial charge in [-0.15, -0.1) is 0 Å². The monoisotopic (exact) mass is 338 g/mol. The highest BCUT2D eigenvalue weighted by molar-refractivity contribution is 5.91. The molecule has 0 aliphatic carbocycles. The molecule has 2 aliphatic heterocycles. The van der Waals surface area contributed by atoms with E-state index in [9.17, 15) is 4.79 Å². The number of carbonyl (C=O) groups excluding carboxylic acids is 1. The normalized spacial score (nSPS) is 21.5. The minimum absolute atomic E-state index is 0.115. The highest BCUT2D eigenvalue weighted by Crippen LogP contribution is 2.37. The molecule has 6 nitrogen and oxygen atoms in total. The number of hydrogen-bond acceptors (Lipinski definition) is 5. The zero-order valence-corrected chi connectivity index (χ0v) is 14.3. The standard InChI is InChI=1S/C19H22N4O2/c1-22(11-15-6-3-2-4-7-15)16-10-19(25-12-16)13-23(14-19)18(24)17-20-8-5-9-21-17/h2-9,16H,10-14H2,1H3. The van der Waals surface area contributed by atoms with Crippen molar-refractivity contribution in [2.75, 3.05) is 26.7 Å². The Morgan fingerprint density at radius 2 is 1.96 bits per heavy atom. The SMILES string of the molecule is CN(Cc1ccccc1)C1COC2(C1)CN(C(=O)c1ncccn1)C2. The first-order valence-corrected chi connectivity index (χ1v) is 8.60. The van der Waals surface area contributed by atoms with Crippen LogP contribution in [0.2, 0.25) is 0 Å². The summed E-state index contributed by atoms with van der Waals surface area (Å²) in [4.78, 5) is 24.5. The molecule has 0 radical (unpaired) electrons. The Morgan fingerprint density at radius 1 is 1.24 bits per heavy atom. The number of likely N-dealkylation sites (tertiary alicyclic amines) is 1. The minimum Gasteiger partial charge on any atom is -0.370 e. The third-order valence-electron chi connectivity index (χ3n) is 5.09. The summed E-state index contributed by atoms with van der Waals surface area (Å²) in [5.41, 5.74) is 1.11. The predicted molar refractivity (Wildman–Crippen MR) is 92.9 cm³/mol. The Labute approximate surface area is 147 Å². The lowest BCUT2D eigenvalue weighted by atomic mass is 9.89. The van der Waals surface area contributed by atoms with Crippen molar-refractivity contribution in [3.05, 3.63) is 60.2 Å². The quantitative estimate of drug-likeness (QED) is 0.847. The fourth-order valence-electron chi connectivity index (χ4n) is 3.67. The van der Waals surface area contributed by atoms with Gasteiger partial charge in [-0.05, 0) is 25.1 Å². The number of nitrogens with zero attached hydrogens (tertiary/aromatic N) is 4. The molecule has 0 N–H and O–H groups in total. The molecule has 2 saturated heterocycles. The molecule has 0 bridgehead atoms. The fourth-order valence-corrected chi connectivity index (χ4v) is 3.67. The van der Waals surface area contributed by atoms with Crippen molar-refractivity contribution in [3.8, 4) is 0 Å². The van der Waals surface area contributed by atoms with Crippen LogP contribution < -0.4 is 0 Å². The van der Waals surface area contributed by atoms with Crippen molar-refractivity contribution in [2.24, 2.45) is 0 Å². The fraction of sp³-hybridized carbons (Fsp3) is 0.421. The maximum Gasteiger partial charge on any atom is 0.291 e. The number of likely N-dealkylation sites (N-methyl/N-ethyl adjacent to an activating group) is 1. The molecule has 2 aliphatic rings. The second kappa shape index (κ2) is 6.54. The van der Waals surface area contributed by atoms with Gasteiger partial charge in [-0.25, -0.2) is 9.97 Å². The van der Waals surface area contributed by atoms with E-state index >= 15 is 0 Å². The van der Waals surface area contributed by atoms with Crippen LogP contribution in [0.5, 0.6) is 0 Å². The average molecular weight is 338 g/mol. The van der Waals surface area contributed by atoms with Gasteiger partial charge in [0.2, 0.25) is 5.82 Å². The van der Waals surface area contributed by atoms with E-state index < -0.39 is 0 Å². The molecule has 1 atom stereocenters. The maximum atomic E-state index is 12.4. The van der Waals surface area contributed by atoms with Crippen molar-refractivity contribution < 1.29 is 9.53 Å². The van der Waals surface area contributed by atoms with E-state index in [1.807, 2.05) is 6.07 Å². The van der Waals surface area contributed by atoms with Crippen LogP contribution in [0.1, 0.15) is 22.6 Å². The number of aromatic nitrogens is 2. The molecule has 1 aromatic carbocycles. The van der Waals surface area contributed by atoms with Crippen molar-refractivity contribution in [1.82, 2.24) is 19.8 Å². The zero-order chi connectivity index (χ0) is 17.3. The molecule has 25 heavy (non-hydrogen) atoms. The van der Waals surface area contributed by atoms with Gasteiger partial charge in [0.1, 0.15) is 5.60 Å². The predicted octanol–water partition coefficient (Wildman–Crippen LogP) is 1.59. The molecular weight excluding hydrogens is 316 g/mol. The van der Waals surface area contributed by atoms with Crippen molar-refractivity contribution in [2.45, 2.75) is 24.6 Å². The van der Waals surface area contributed by atoms with E-state index in [-0.39, 0.29) is 17.3 Å². The first-order chi connectivity index (χ1) is 12.2. The molecule has 1 spiro atoms. The van der Waals surface area contributed by atoms with Crippen LogP contribution in [0.4, 0.5) is 0 Å². The summed E-state index contributed by atoms with van der Waals surface area (Å²) in [6.07, 6.45) is 4.14. The summed E-state index contributed by atoms with van der Waals surface area (Å²) in [6.45, 7) is 2.87. The number of rotatable bonds is 4. The summed E-state index contributed by atoms with van der Waals surface area (Å²) in [5, 5.41) is 0. The Bertz CT molecular complexity index is 732. The van der Waals surface area contributed by atoms with Crippen LogP contribution >= 0.6 is 0 Å². The lowest BCUT2D eigenvalue weighted by Crippen LogP contribution is -2.63. The second-order valence-corrected chi connectivity index (χ2v) is 6.99. The summed E-state index contributed by atoms with van der Waals surface area (Å²) >= 11 is 0. The van der Waals surface area contributed by atoms with Crippen molar-refractivity contribution >= 4 is 5.91 Å². The molecular formula is C19H22N4O2. The van der Waals surface area contributed by atoms with Gasteiger partial charge in [0.05, 0.1) is 19.7 Å². The Balaban J connectivity index is 1.32. The summed E-state index contributed by atoms with van der Waals surface area (Å²) in [7, 11) is 2.14. The number of amides is 1. The number of ether oxygens (including phenoxy) is 1. The molecule has 1 aromatic heterocycles. The zero-order valence-electron chi connectivity index (χ0n) is 14.3. The lowest BCUT2D eigenvalue weighted by Gasteiger charge is -2.46. The highest BCUT2D eigenvalue weighted by Gasteiger charge is 2.52. The largest absolute Gasteiger partial charge is 0.370 e. The second-order valence-electron chi connectivity index (χ2n) is 6.99. The summed E-state index contributed by atoms with van der Waals surface area (Å²) in [6, 6.07) is 12.5. The van der Waals surface area contributed by atoms with Gasteiger partial charge >= 0.3 is 0 Å². The van der Waals surface area contributed by atoms with E-state index in [4.69, 9.17) is 4.74 Å². The summed E-state index contributed by atoms with van der Waals surface area (Å²) < 4.78 is 6.09. The maximum absolute atomic E-state index is 12.4. The molecule has 1 unspecified atom stereocenters. The van der Waals surface area contributed by atoms with E-state index in [2.05, 4.69) is 46.2 Å². The van der Waals surface area contributed by atoms with E-state index in [0.29, 0.717) is 25.7 Å². The average Bonchev–Trinajstić information content (AvgIpc) is 3.07. The van der Waals surface area contributed by atoms with Gasteiger partial charge in [0.25, 0.3) is 5.91 Å².